The third kappa shape index (κ3) is 9.97. The second-order valence-electron chi connectivity index (χ2n) is 12.0. The van der Waals surface area contributed by atoms with Gasteiger partial charge in [0.2, 0.25) is 0 Å². The highest BCUT2D eigenvalue weighted by Crippen LogP contribution is 2.40. The molecule has 0 saturated carbocycles. The first-order chi connectivity index (χ1) is 20.5. The Bertz CT molecular complexity index is 933. The number of benzene rings is 2. The molecule has 234 valence electrons. The van der Waals surface area contributed by atoms with Crippen molar-refractivity contribution in [3.8, 4) is 22.6 Å². The van der Waals surface area contributed by atoms with Crippen LogP contribution < -0.4 is 9.47 Å². The number of rotatable bonds is 23. The summed E-state index contributed by atoms with van der Waals surface area (Å²) in [5.74, 6) is 1.85. The molecule has 6 heteroatoms. The summed E-state index contributed by atoms with van der Waals surface area (Å²) in [7, 11) is 0. The maximum atomic E-state index is 5.96. The maximum Gasteiger partial charge on any atom is 0.119 e. The molecular formula is C36H54O6. The van der Waals surface area contributed by atoms with E-state index in [9.17, 15) is 0 Å². The molecule has 0 aliphatic carbocycles. The lowest BCUT2D eigenvalue weighted by atomic mass is 10.0. The van der Waals surface area contributed by atoms with Crippen molar-refractivity contribution in [1.29, 1.82) is 0 Å². The second kappa shape index (κ2) is 16.7. The van der Waals surface area contributed by atoms with Crippen LogP contribution in [0.25, 0.3) is 11.1 Å². The van der Waals surface area contributed by atoms with E-state index in [0.717, 1.165) is 103 Å². The minimum absolute atomic E-state index is 0.00113. The molecule has 2 aliphatic heterocycles. The van der Waals surface area contributed by atoms with E-state index in [-0.39, 0.29) is 11.2 Å². The van der Waals surface area contributed by atoms with Crippen LogP contribution in [-0.4, -0.2) is 63.1 Å². The average Bonchev–Trinajstić information content (AvgIpc) is 3.89. The zero-order valence-corrected chi connectivity index (χ0v) is 26.5. The highest BCUT2D eigenvalue weighted by atomic mass is 16.6. The Morgan fingerprint density at radius 3 is 1.17 bits per heavy atom. The first-order valence-corrected chi connectivity index (χ1v) is 16.5. The molecule has 2 aliphatic rings. The van der Waals surface area contributed by atoms with Crippen LogP contribution in [0.3, 0.4) is 0 Å². The first-order valence-electron chi connectivity index (χ1n) is 16.5. The number of hydrogen-bond donors (Lipinski definition) is 0. The van der Waals surface area contributed by atoms with E-state index in [1.807, 2.05) is 0 Å². The number of hydrogen-bond acceptors (Lipinski definition) is 6. The summed E-state index contributed by atoms with van der Waals surface area (Å²) >= 11 is 0. The molecule has 0 aromatic heterocycles. The minimum atomic E-state index is 0.00113. The van der Waals surface area contributed by atoms with E-state index in [0.29, 0.717) is 12.2 Å². The van der Waals surface area contributed by atoms with Gasteiger partial charge in [0.1, 0.15) is 22.7 Å². The zero-order valence-electron chi connectivity index (χ0n) is 26.5. The van der Waals surface area contributed by atoms with E-state index in [1.54, 1.807) is 0 Å². The van der Waals surface area contributed by atoms with Crippen LogP contribution in [0.2, 0.25) is 0 Å². The van der Waals surface area contributed by atoms with Gasteiger partial charge in [-0.05, 0) is 101 Å². The van der Waals surface area contributed by atoms with Gasteiger partial charge in [0, 0.05) is 13.2 Å². The topological polar surface area (TPSA) is 62.0 Å². The third-order valence-corrected chi connectivity index (χ3v) is 9.03. The Kier molecular flexibility index (Phi) is 13.0. The molecule has 6 nitrogen and oxygen atoms in total. The minimum Gasteiger partial charge on any atom is -0.494 e. The van der Waals surface area contributed by atoms with Crippen LogP contribution in [0.15, 0.2) is 48.5 Å². The lowest BCUT2D eigenvalue weighted by Gasteiger charge is -2.11. The van der Waals surface area contributed by atoms with Gasteiger partial charge >= 0.3 is 0 Å². The van der Waals surface area contributed by atoms with Crippen LogP contribution in [0.1, 0.15) is 91.9 Å². The summed E-state index contributed by atoms with van der Waals surface area (Å²) in [6, 6.07) is 16.7. The molecule has 2 aromatic carbocycles. The van der Waals surface area contributed by atoms with E-state index < -0.39 is 0 Å². The van der Waals surface area contributed by atoms with Crippen LogP contribution >= 0.6 is 0 Å². The Morgan fingerprint density at radius 2 is 0.857 bits per heavy atom. The van der Waals surface area contributed by atoms with Gasteiger partial charge in [-0.2, -0.15) is 0 Å². The lowest BCUT2D eigenvalue weighted by molar-refractivity contribution is 0.0741. The summed E-state index contributed by atoms with van der Waals surface area (Å²) < 4.78 is 35.0. The third-order valence-electron chi connectivity index (χ3n) is 9.03. The van der Waals surface area contributed by atoms with Crippen LogP contribution in [0, 0.1) is 0 Å². The molecule has 0 N–H and O–H groups in total. The number of ether oxygens (including phenoxy) is 6. The zero-order chi connectivity index (χ0) is 29.7. The van der Waals surface area contributed by atoms with Crippen molar-refractivity contribution in [1.82, 2.24) is 0 Å². The molecule has 42 heavy (non-hydrogen) atoms. The lowest BCUT2D eigenvalue weighted by Crippen LogP contribution is -2.21. The van der Waals surface area contributed by atoms with Crippen molar-refractivity contribution in [2.75, 3.05) is 39.6 Å². The molecule has 4 rings (SSSR count). The Morgan fingerprint density at radius 1 is 0.524 bits per heavy atom. The second-order valence-corrected chi connectivity index (χ2v) is 12.0. The van der Waals surface area contributed by atoms with Gasteiger partial charge in [0.05, 0.1) is 38.6 Å². The standard InChI is InChI=1S/C36H54O6/c1-5-35(29(3)41-35)27-37-23-11-7-9-13-25-39-33-19-15-31(16-20-33)32-17-21-34(22-18-32)40-26-14-10-8-12-24-38-28-36(6-2)30(4)42-36/h15-22,29-30H,5-14,23-28H2,1-4H3. The number of epoxide rings is 2. The number of unbranched alkanes of at least 4 members (excludes halogenated alkanes) is 6. The van der Waals surface area contributed by atoms with Gasteiger partial charge in [0.25, 0.3) is 0 Å². The Hall–Kier alpha value is -2.12. The molecule has 0 amide bonds. The highest BCUT2D eigenvalue weighted by molar-refractivity contribution is 5.64. The molecule has 0 bridgehead atoms. The maximum absolute atomic E-state index is 5.96. The first kappa shape index (κ1) is 32.8. The predicted molar refractivity (Wildman–Crippen MR) is 169 cm³/mol. The van der Waals surface area contributed by atoms with Crippen LogP contribution in [0.4, 0.5) is 0 Å². The van der Waals surface area contributed by atoms with Gasteiger partial charge in [-0.1, -0.05) is 51.0 Å². The van der Waals surface area contributed by atoms with E-state index >= 15 is 0 Å². The van der Waals surface area contributed by atoms with Gasteiger partial charge in [-0.15, -0.1) is 0 Å². The summed E-state index contributed by atoms with van der Waals surface area (Å²) in [6.45, 7) is 13.2. The fourth-order valence-electron chi connectivity index (χ4n) is 5.56. The monoisotopic (exact) mass is 582 g/mol. The Labute approximate surface area is 254 Å². The van der Waals surface area contributed by atoms with Crippen LogP contribution in [-0.2, 0) is 18.9 Å². The summed E-state index contributed by atoms with van der Waals surface area (Å²) in [5.41, 5.74) is 2.36. The van der Waals surface area contributed by atoms with Crippen molar-refractivity contribution < 1.29 is 28.4 Å². The fourth-order valence-corrected chi connectivity index (χ4v) is 5.56. The van der Waals surface area contributed by atoms with Crippen molar-refractivity contribution in [2.45, 2.75) is 115 Å². The van der Waals surface area contributed by atoms with Gasteiger partial charge < -0.3 is 28.4 Å². The predicted octanol–water partition coefficient (Wildman–Crippen LogP) is 8.40. The van der Waals surface area contributed by atoms with Gasteiger partial charge in [-0.25, -0.2) is 0 Å². The molecule has 0 spiro atoms. The van der Waals surface area contributed by atoms with E-state index in [1.165, 1.54) is 24.0 Å². The summed E-state index contributed by atoms with van der Waals surface area (Å²) in [5, 5.41) is 0. The highest BCUT2D eigenvalue weighted by Gasteiger charge is 2.52. The van der Waals surface area contributed by atoms with E-state index in [4.69, 9.17) is 28.4 Å². The van der Waals surface area contributed by atoms with Gasteiger partial charge in [-0.3, -0.25) is 0 Å². The molecule has 2 aromatic rings. The quantitative estimate of drug-likeness (QED) is 0.0968. The molecule has 2 heterocycles. The normalized spacial score (nSPS) is 24.5. The summed E-state index contributed by atoms with van der Waals surface area (Å²) in [6.07, 6.45) is 11.7. The van der Waals surface area contributed by atoms with E-state index in [2.05, 4.69) is 76.2 Å². The molecule has 0 radical (unpaired) electrons. The average molecular weight is 583 g/mol. The van der Waals surface area contributed by atoms with Crippen LogP contribution in [0.5, 0.6) is 11.5 Å². The molecule has 2 saturated heterocycles. The van der Waals surface area contributed by atoms with Gasteiger partial charge in [0.15, 0.2) is 0 Å². The largest absolute Gasteiger partial charge is 0.494 e. The van der Waals surface area contributed by atoms with Crippen molar-refractivity contribution in [3.05, 3.63) is 48.5 Å². The van der Waals surface area contributed by atoms with Crippen molar-refractivity contribution in [2.24, 2.45) is 0 Å². The fraction of sp³-hybridized carbons (Fsp3) is 0.667. The smallest absolute Gasteiger partial charge is 0.119 e. The SMILES string of the molecule is CCC1(COCCCCCCOc2ccc(-c3ccc(OCCCCCCOCC4(CC)OC4C)cc3)cc2)OC1C. The molecular weight excluding hydrogens is 528 g/mol. The molecule has 2 fully saturated rings. The molecule has 4 atom stereocenters. The summed E-state index contributed by atoms with van der Waals surface area (Å²) in [4.78, 5) is 0. The Balaban J connectivity index is 0.992. The van der Waals surface area contributed by atoms with Crippen molar-refractivity contribution in [3.63, 3.8) is 0 Å². The molecule has 4 unspecified atom stereocenters. The van der Waals surface area contributed by atoms with Crippen molar-refractivity contribution >= 4 is 0 Å².